The number of hydrogen-bond acceptors (Lipinski definition) is 2. The molecule has 2 rings (SSSR count). The van der Waals surface area contributed by atoms with Crippen molar-refractivity contribution in [2.45, 2.75) is 18.7 Å². The number of carbonyl (C=O) groups is 2. The number of aliphatic carboxylic acids is 1. The van der Waals surface area contributed by atoms with E-state index in [-0.39, 0.29) is 27.9 Å². The molecule has 1 saturated heterocycles. The third-order valence-electron chi connectivity index (χ3n) is 2.51. The number of carboxylic acids is 1. The lowest BCUT2D eigenvalue weighted by molar-refractivity contribution is -0.146. The van der Waals surface area contributed by atoms with Crippen LogP contribution in [0.2, 0.25) is 0 Å². The molecule has 0 bridgehead atoms. The first-order chi connectivity index (χ1) is 7.15. The number of carbonyl (C=O) groups excluding carboxylic acids is 1. The van der Waals surface area contributed by atoms with Crippen molar-refractivity contribution in [1.29, 1.82) is 0 Å². The molecule has 1 fully saturated rings. The molecule has 2 heterocycles. The lowest BCUT2D eigenvalue weighted by Gasteiger charge is -2.39. The SMILES string of the molecule is C/C=C\[S+]1CC=C(C(=O)O)N2C(=O)C[C@H]21. The maximum atomic E-state index is 11.3. The molecule has 0 aromatic carbocycles. The average molecular weight is 226 g/mol. The quantitative estimate of drug-likeness (QED) is 0.556. The van der Waals surface area contributed by atoms with Crippen molar-refractivity contribution in [1.82, 2.24) is 4.90 Å². The summed E-state index contributed by atoms with van der Waals surface area (Å²) >= 11 is 0. The summed E-state index contributed by atoms with van der Waals surface area (Å²) in [6, 6.07) is 0. The zero-order valence-corrected chi connectivity index (χ0v) is 9.16. The minimum Gasteiger partial charge on any atom is -0.477 e. The van der Waals surface area contributed by atoms with Gasteiger partial charge in [-0.25, -0.2) is 4.79 Å². The zero-order valence-electron chi connectivity index (χ0n) is 8.34. The summed E-state index contributed by atoms with van der Waals surface area (Å²) in [5.74, 6) is -0.340. The second-order valence-electron chi connectivity index (χ2n) is 3.42. The monoisotopic (exact) mass is 226 g/mol. The molecule has 4 nitrogen and oxygen atoms in total. The minimum absolute atomic E-state index is 0.00583. The van der Waals surface area contributed by atoms with E-state index < -0.39 is 5.97 Å². The number of nitrogens with zero attached hydrogens (tertiary/aromatic N) is 1. The van der Waals surface area contributed by atoms with Gasteiger partial charge in [-0.05, 0) is 19.1 Å². The van der Waals surface area contributed by atoms with Gasteiger partial charge in [0.15, 0.2) is 0 Å². The molecule has 2 atom stereocenters. The highest BCUT2D eigenvalue weighted by atomic mass is 32.2. The molecule has 0 spiro atoms. The highest BCUT2D eigenvalue weighted by Crippen LogP contribution is 2.34. The van der Waals surface area contributed by atoms with Crippen LogP contribution in [0, 0.1) is 0 Å². The van der Waals surface area contributed by atoms with Gasteiger partial charge < -0.3 is 5.11 Å². The van der Waals surface area contributed by atoms with Crippen LogP contribution in [0.5, 0.6) is 0 Å². The lowest BCUT2D eigenvalue weighted by Crippen LogP contribution is -2.58. The van der Waals surface area contributed by atoms with E-state index >= 15 is 0 Å². The van der Waals surface area contributed by atoms with Crippen LogP contribution in [-0.2, 0) is 20.5 Å². The Morgan fingerprint density at radius 3 is 3.00 bits per heavy atom. The summed E-state index contributed by atoms with van der Waals surface area (Å²) in [5.41, 5.74) is 0.157. The Hall–Kier alpha value is -1.23. The van der Waals surface area contributed by atoms with Gasteiger partial charge in [0.1, 0.15) is 16.9 Å². The Balaban J connectivity index is 2.26. The Morgan fingerprint density at radius 1 is 1.73 bits per heavy atom. The van der Waals surface area contributed by atoms with Gasteiger partial charge in [0.2, 0.25) is 11.3 Å². The van der Waals surface area contributed by atoms with Crippen LogP contribution in [0.3, 0.4) is 0 Å². The molecule has 1 unspecified atom stereocenters. The summed E-state index contributed by atoms with van der Waals surface area (Å²) in [5, 5.41) is 11.1. The predicted molar refractivity (Wildman–Crippen MR) is 58.0 cm³/mol. The number of rotatable bonds is 2. The van der Waals surface area contributed by atoms with Crippen LogP contribution in [0.1, 0.15) is 13.3 Å². The predicted octanol–water partition coefficient (Wildman–Crippen LogP) is 0.679. The minimum atomic E-state index is -1.00. The van der Waals surface area contributed by atoms with Crippen molar-refractivity contribution >= 4 is 22.8 Å². The first-order valence-corrected chi connectivity index (χ1v) is 6.24. The van der Waals surface area contributed by atoms with Gasteiger partial charge in [0, 0.05) is 10.9 Å². The number of amides is 1. The summed E-state index contributed by atoms with van der Waals surface area (Å²) in [7, 11) is -0.00583. The van der Waals surface area contributed by atoms with Gasteiger partial charge in [-0.1, -0.05) is 0 Å². The van der Waals surface area contributed by atoms with E-state index in [0.717, 1.165) is 5.75 Å². The van der Waals surface area contributed by atoms with Crippen LogP contribution in [0.15, 0.2) is 23.3 Å². The van der Waals surface area contributed by atoms with Gasteiger partial charge in [0.05, 0.1) is 6.42 Å². The second kappa shape index (κ2) is 3.73. The van der Waals surface area contributed by atoms with Gasteiger partial charge in [-0.2, -0.15) is 0 Å². The molecule has 5 heteroatoms. The standard InChI is InChI=1S/C10H11NO3S/c1-2-4-15-5-3-7(10(13)14)11-8(12)6-9(11)15/h2-4,9H,5-6H2,1H3/p+1/b4-2-/t9-,15?/m1/s1. The third kappa shape index (κ3) is 1.56. The highest BCUT2D eigenvalue weighted by molar-refractivity contribution is 8.00. The van der Waals surface area contributed by atoms with E-state index in [0.29, 0.717) is 6.42 Å². The fourth-order valence-electron chi connectivity index (χ4n) is 1.82. The summed E-state index contributed by atoms with van der Waals surface area (Å²) < 4.78 is 0. The van der Waals surface area contributed by atoms with E-state index in [1.54, 1.807) is 6.08 Å². The molecule has 0 radical (unpaired) electrons. The second-order valence-corrected chi connectivity index (χ2v) is 5.51. The first kappa shape index (κ1) is 10.3. The van der Waals surface area contributed by atoms with Gasteiger partial charge in [0.25, 0.3) is 0 Å². The number of allylic oxidation sites excluding steroid dienone is 1. The van der Waals surface area contributed by atoms with E-state index in [2.05, 4.69) is 5.41 Å². The van der Waals surface area contributed by atoms with E-state index in [4.69, 9.17) is 5.11 Å². The van der Waals surface area contributed by atoms with Gasteiger partial charge in [-0.15, -0.1) is 0 Å². The molecule has 80 valence electrons. The van der Waals surface area contributed by atoms with Crippen molar-refractivity contribution < 1.29 is 14.7 Å². The fourth-order valence-corrected chi connectivity index (χ4v) is 3.89. The molecular weight excluding hydrogens is 214 g/mol. The molecule has 0 aliphatic carbocycles. The molecule has 0 aromatic heterocycles. The van der Waals surface area contributed by atoms with Crippen LogP contribution in [0.25, 0.3) is 0 Å². The smallest absolute Gasteiger partial charge is 0.352 e. The Kier molecular flexibility index (Phi) is 2.56. The first-order valence-electron chi connectivity index (χ1n) is 4.72. The Labute approximate surface area is 90.6 Å². The highest BCUT2D eigenvalue weighted by Gasteiger charge is 2.52. The van der Waals surface area contributed by atoms with Gasteiger partial charge >= 0.3 is 5.97 Å². The molecular formula is C10H12NO3S+. The van der Waals surface area contributed by atoms with E-state index in [9.17, 15) is 9.59 Å². The molecule has 2 aliphatic rings. The molecule has 0 saturated carbocycles. The van der Waals surface area contributed by atoms with E-state index in [1.165, 1.54) is 4.90 Å². The van der Waals surface area contributed by atoms with Crippen molar-refractivity contribution in [3.8, 4) is 0 Å². The molecule has 0 aromatic rings. The van der Waals surface area contributed by atoms with E-state index in [1.807, 2.05) is 13.0 Å². The third-order valence-corrected chi connectivity index (χ3v) is 4.76. The fraction of sp³-hybridized carbons (Fsp3) is 0.400. The Morgan fingerprint density at radius 2 is 2.47 bits per heavy atom. The molecule has 1 N–H and O–H groups in total. The van der Waals surface area contributed by atoms with Gasteiger partial charge in [-0.3, -0.25) is 9.69 Å². The maximum absolute atomic E-state index is 11.3. The average Bonchev–Trinajstić information content (AvgIpc) is 2.18. The Bertz CT molecular complexity index is 375. The molecule has 2 aliphatic heterocycles. The number of fused-ring (bicyclic) bond motifs is 1. The summed E-state index contributed by atoms with van der Waals surface area (Å²) in [6.07, 6.45) is 4.10. The van der Waals surface area contributed by atoms with Crippen LogP contribution < -0.4 is 0 Å². The van der Waals surface area contributed by atoms with Crippen molar-refractivity contribution in [2.75, 3.05) is 5.75 Å². The summed E-state index contributed by atoms with van der Waals surface area (Å²) in [4.78, 5) is 23.6. The van der Waals surface area contributed by atoms with Crippen molar-refractivity contribution in [2.24, 2.45) is 0 Å². The lowest BCUT2D eigenvalue weighted by atomic mass is 10.1. The number of β-lactam (4-membered cyclic amide) rings is 1. The largest absolute Gasteiger partial charge is 0.477 e. The maximum Gasteiger partial charge on any atom is 0.352 e. The van der Waals surface area contributed by atoms with Crippen molar-refractivity contribution in [3.05, 3.63) is 23.3 Å². The van der Waals surface area contributed by atoms with Crippen LogP contribution in [-0.4, -0.2) is 33.0 Å². The number of hydrogen-bond donors (Lipinski definition) is 1. The molecule has 15 heavy (non-hydrogen) atoms. The molecule has 1 amide bonds. The van der Waals surface area contributed by atoms with Crippen LogP contribution in [0.4, 0.5) is 0 Å². The van der Waals surface area contributed by atoms with Crippen molar-refractivity contribution in [3.63, 3.8) is 0 Å². The van der Waals surface area contributed by atoms with Crippen LogP contribution >= 0.6 is 0 Å². The summed E-state index contributed by atoms with van der Waals surface area (Å²) in [6.45, 7) is 1.94. The zero-order chi connectivity index (χ0) is 11.0. The number of carboxylic acid groups (broad SMARTS) is 1. The topological polar surface area (TPSA) is 57.6 Å². The normalized spacial score (nSPS) is 29.8.